The molecule has 86 valence electrons. The van der Waals surface area contributed by atoms with Crippen molar-refractivity contribution in [3.05, 3.63) is 28.3 Å². The van der Waals surface area contributed by atoms with E-state index in [0.29, 0.717) is 17.1 Å². The molecule has 0 heterocycles. The van der Waals surface area contributed by atoms with E-state index in [1.165, 1.54) is 5.56 Å². The quantitative estimate of drug-likeness (QED) is 0.648. The Kier molecular flexibility index (Phi) is 5.68. The predicted octanol–water partition coefficient (Wildman–Crippen LogP) is 3.21. The third kappa shape index (κ3) is 3.41. The first-order chi connectivity index (χ1) is 7.72. The van der Waals surface area contributed by atoms with E-state index in [1.54, 1.807) is 11.8 Å². The molecule has 0 aromatic heterocycles. The SMILES string of the molecule is CSc1cc(CCCCN)cc(C#N)c1Cl. The highest BCUT2D eigenvalue weighted by Crippen LogP contribution is 2.30. The van der Waals surface area contributed by atoms with Crippen molar-refractivity contribution < 1.29 is 0 Å². The first-order valence-electron chi connectivity index (χ1n) is 5.19. The van der Waals surface area contributed by atoms with E-state index >= 15 is 0 Å². The van der Waals surface area contributed by atoms with Crippen LogP contribution in [0.15, 0.2) is 17.0 Å². The monoisotopic (exact) mass is 254 g/mol. The Balaban J connectivity index is 2.90. The molecule has 2 N–H and O–H groups in total. The maximum absolute atomic E-state index is 8.97. The number of hydrogen-bond acceptors (Lipinski definition) is 3. The zero-order valence-electron chi connectivity index (χ0n) is 9.29. The lowest BCUT2D eigenvalue weighted by molar-refractivity contribution is 0.743. The normalized spacial score (nSPS) is 10.1. The fourth-order valence-corrected chi connectivity index (χ4v) is 2.44. The van der Waals surface area contributed by atoms with Gasteiger partial charge in [0, 0.05) is 4.90 Å². The molecule has 0 saturated carbocycles. The molecule has 2 nitrogen and oxygen atoms in total. The molecular weight excluding hydrogens is 240 g/mol. The number of halogens is 1. The van der Waals surface area contributed by atoms with E-state index in [0.717, 1.165) is 24.2 Å². The highest BCUT2D eigenvalue weighted by molar-refractivity contribution is 7.98. The van der Waals surface area contributed by atoms with Gasteiger partial charge in [-0.1, -0.05) is 11.6 Å². The van der Waals surface area contributed by atoms with Crippen molar-refractivity contribution in [2.45, 2.75) is 24.2 Å². The van der Waals surface area contributed by atoms with Crippen LogP contribution >= 0.6 is 23.4 Å². The molecule has 0 fully saturated rings. The van der Waals surface area contributed by atoms with Gasteiger partial charge in [-0.15, -0.1) is 11.8 Å². The van der Waals surface area contributed by atoms with Gasteiger partial charge in [0.2, 0.25) is 0 Å². The Morgan fingerprint density at radius 3 is 2.75 bits per heavy atom. The number of aryl methyl sites for hydroxylation is 1. The largest absolute Gasteiger partial charge is 0.330 e. The molecule has 0 amide bonds. The van der Waals surface area contributed by atoms with Gasteiger partial charge in [-0.3, -0.25) is 0 Å². The summed E-state index contributed by atoms with van der Waals surface area (Å²) < 4.78 is 0. The van der Waals surface area contributed by atoms with Crippen molar-refractivity contribution in [2.24, 2.45) is 5.73 Å². The van der Waals surface area contributed by atoms with Crippen LogP contribution in [0.4, 0.5) is 0 Å². The fraction of sp³-hybridized carbons (Fsp3) is 0.417. The van der Waals surface area contributed by atoms with Crippen LogP contribution in [0.2, 0.25) is 5.02 Å². The highest BCUT2D eigenvalue weighted by atomic mass is 35.5. The van der Waals surface area contributed by atoms with Crippen molar-refractivity contribution in [3.63, 3.8) is 0 Å². The van der Waals surface area contributed by atoms with Crippen molar-refractivity contribution in [1.29, 1.82) is 5.26 Å². The molecule has 0 saturated heterocycles. The van der Waals surface area contributed by atoms with Gasteiger partial charge in [-0.25, -0.2) is 0 Å². The lowest BCUT2D eigenvalue weighted by atomic mass is 10.1. The first kappa shape index (κ1) is 13.4. The standard InChI is InChI=1S/C12H15ClN2S/c1-16-11-7-9(4-2-3-5-14)6-10(8-15)12(11)13/h6-7H,2-5,14H2,1H3. The third-order valence-corrected chi connectivity index (χ3v) is 3.64. The van der Waals surface area contributed by atoms with Gasteiger partial charge in [0.1, 0.15) is 6.07 Å². The van der Waals surface area contributed by atoms with Crippen molar-refractivity contribution >= 4 is 23.4 Å². The second-order valence-corrected chi connectivity index (χ2v) is 4.74. The Morgan fingerprint density at radius 1 is 1.44 bits per heavy atom. The zero-order chi connectivity index (χ0) is 12.0. The van der Waals surface area contributed by atoms with Crippen LogP contribution in [0.5, 0.6) is 0 Å². The number of unbranched alkanes of at least 4 members (excludes halogenated alkanes) is 1. The Morgan fingerprint density at radius 2 is 2.19 bits per heavy atom. The molecule has 0 aliphatic rings. The third-order valence-electron chi connectivity index (χ3n) is 2.36. The van der Waals surface area contributed by atoms with E-state index < -0.39 is 0 Å². The van der Waals surface area contributed by atoms with Crippen LogP contribution in [-0.4, -0.2) is 12.8 Å². The van der Waals surface area contributed by atoms with E-state index in [1.807, 2.05) is 12.3 Å². The minimum atomic E-state index is 0.566. The van der Waals surface area contributed by atoms with Crippen molar-refractivity contribution in [1.82, 2.24) is 0 Å². The zero-order valence-corrected chi connectivity index (χ0v) is 10.9. The van der Waals surface area contributed by atoms with Gasteiger partial charge in [0.05, 0.1) is 10.6 Å². The van der Waals surface area contributed by atoms with Gasteiger partial charge in [-0.2, -0.15) is 5.26 Å². The molecule has 4 heteroatoms. The Labute approximate surface area is 106 Å². The second kappa shape index (κ2) is 6.80. The summed E-state index contributed by atoms with van der Waals surface area (Å²) in [7, 11) is 0. The van der Waals surface area contributed by atoms with Crippen LogP contribution in [0.1, 0.15) is 24.0 Å². The van der Waals surface area contributed by atoms with Gasteiger partial charge in [0.25, 0.3) is 0 Å². The minimum Gasteiger partial charge on any atom is -0.330 e. The summed E-state index contributed by atoms with van der Waals surface area (Å²) in [6.07, 6.45) is 4.98. The number of nitrogens with two attached hydrogens (primary N) is 1. The van der Waals surface area contributed by atoms with E-state index in [2.05, 4.69) is 12.1 Å². The molecule has 0 aliphatic carbocycles. The topological polar surface area (TPSA) is 49.8 Å². The summed E-state index contributed by atoms with van der Waals surface area (Å²) in [5.74, 6) is 0. The molecule has 1 aromatic carbocycles. The molecule has 0 bridgehead atoms. The molecule has 16 heavy (non-hydrogen) atoms. The lowest BCUT2D eigenvalue weighted by Crippen LogP contribution is -1.99. The fourth-order valence-electron chi connectivity index (χ4n) is 1.50. The lowest BCUT2D eigenvalue weighted by Gasteiger charge is -2.07. The van der Waals surface area contributed by atoms with Crippen LogP contribution in [0.3, 0.4) is 0 Å². The molecule has 0 aliphatic heterocycles. The van der Waals surface area contributed by atoms with Crippen LogP contribution in [0, 0.1) is 11.3 Å². The molecule has 1 aromatic rings. The van der Waals surface area contributed by atoms with E-state index in [4.69, 9.17) is 22.6 Å². The van der Waals surface area contributed by atoms with E-state index in [-0.39, 0.29) is 0 Å². The number of thioether (sulfide) groups is 1. The van der Waals surface area contributed by atoms with Gasteiger partial charge in [0.15, 0.2) is 0 Å². The molecule has 1 rings (SSSR count). The smallest absolute Gasteiger partial charge is 0.101 e. The molecule has 0 spiro atoms. The summed E-state index contributed by atoms with van der Waals surface area (Å²) in [6, 6.07) is 6.06. The summed E-state index contributed by atoms with van der Waals surface area (Å²) in [5, 5.41) is 9.54. The van der Waals surface area contributed by atoms with Gasteiger partial charge in [-0.05, 0) is 49.8 Å². The maximum atomic E-state index is 8.97. The number of nitrogens with zero attached hydrogens (tertiary/aromatic N) is 1. The van der Waals surface area contributed by atoms with Crippen molar-refractivity contribution in [3.8, 4) is 6.07 Å². The summed E-state index contributed by atoms with van der Waals surface area (Å²) in [6.45, 7) is 0.716. The first-order valence-corrected chi connectivity index (χ1v) is 6.79. The molecule has 0 radical (unpaired) electrons. The number of hydrogen-bond donors (Lipinski definition) is 1. The van der Waals surface area contributed by atoms with Crippen LogP contribution < -0.4 is 5.73 Å². The van der Waals surface area contributed by atoms with Crippen LogP contribution in [-0.2, 0) is 6.42 Å². The van der Waals surface area contributed by atoms with Crippen molar-refractivity contribution in [2.75, 3.05) is 12.8 Å². The predicted molar refractivity (Wildman–Crippen MR) is 69.9 cm³/mol. The number of nitriles is 1. The molecular formula is C12H15ClN2S. The number of rotatable bonds is 5. The van der Waals surface area contributed by atoms with Gasteiger partial charge < -0.3 is 5.73 Å². The summed E-state index contributed by atoms with van der Waals surface area (Å²) >= 11 is 7.65. The Hall–Kier alpha value is -0.690. The summed E-state index contributed by atoms with van der Waals surface area (Å²) in [4.78, 5) is 0.975. The summed E-state index contributed by atoms with van der Waals surface area (Å²) in [5.41, 5.74) is 7.18. The maximum Gasteiger partial charge on any atom is 0.101 e. The second-order valence-electron chi connectivity index (χ2n) is 3.52. The molecule has 0 unspecified atom stereocenters. The number of benzene rings is 1. The average Bonchev–Trinajstić information content (AvgIpc) is 2.31. The van der Waals surface area contributed by atoms with Gasteiger partial charge >= 0.3 is 0 Å². The molecule has 0 atom stereocenters. The highest BCUT2D eigenvalue weighted by Gasteiger charge is 2.08. The minimum absolute atomic E-state index is 0.566. The van der Waals surface area contributed by atoms with Crippen LogP contribution in [0.25, 0.3) is 0 Å². The van der Waals surface area contributed by atoms with E-state index in [9.17, 15) is 0 Å². The average molecular weight is 255 g/mol. The Bertz CT molecular complexity index is 399.